The fourth-order valence-electron chi connectivity index (χ4n) is 4.11. The van der Waals surface area contributed by atoms with E-state index in [1.165, 1.54) is 41.5 Å². The van der Waals surface area contributed by atoms with Crippen LogP contribution in [-0.2, 0) is 12.8 Å². The molecule has 2 aliphatic carbocycles. The molecule has 4 nitrogen and oxygen atoms in total. The van der Waals surface area contributed by atoms with Crippen molar-refractivity contribution in [3.8, 4) is 0 Å². The van der Waals surface area contributed by atoms with Crippen LogP contribution in [0, 0.1) is 5.92 Å². The van der Waals surface area contributed by atoms with Crippen LogP contribution in [0.4, 0.5) is 0 Å². The van der Waals surface area contributed by atoms with Crippen molar-refractivity contribution in [2.75, 3.05) is 12.4 Å². The highest BCUT2D eigenvalue weighted by atomic mass is 32.2. The summed E-state index contributed by atoms with van der Waals surface area (Å²) in [7, 11) is 0. The summed E-state index contributed by atoms with van der Waals surface area (Å²) >= 11 is 3.23. The maximum atomic E-state index is 13.4. The van der Waals surface area contributed by atoms with Gasteiger partial charge in [-0.2, -0.15) is 0 Å². The highest BCUT2D eigenvalue weighted by molar-refractivity contribution is 7.99. The molecule has 2 aliphatic rings. The van der Waals surface area contributed by atoms with Crippen molar-refractivity contribution >= 4 is 33.3 Å². The van der Waals surface area contributed by atoms with Crippen LogP contribution in [0.2, 0.25) is 0 Å². The summed E-state index contributed by atoms with van der Waals surface area (Å²) < 4.78 is 1.96. The van der Waals surface area contributed by atoms with Crippen molar-refractivity contribution in [2.45, 2.75) is 63.1 Å². The molecular formula is C18H24N2O2S2. The summed E-state index contributed by atoms with van der Waals surface area (Å²) in [5, 5.41) is 10.9. The van der Waals surface area contributed by atoms with Crippen molar-refractivity contribution in [3.05, 3.63) is 20.8 Å². The summed E-state index contributed by atoms with van der Waals surface area (Å²) in [6.45, 7) is 2.40. The number of fused-ring (bicyclic) bond motifs is 3. The van der Waals surface area contributed by atoms with E-state index in [1.54, 1.807) is 11.3 Å². The van der Waals surface area contributed by atoms with Crippen LogP contribution in [0.3, 0.4) is 0 Å². The number of aliphatic hydroxyl groups is 1. The third-order valence-electron chi connectivity index (χ3n) is 5.34. The van der Waals surface area contributed by atoms with Gasteiger partial charge in [-0.25, -0.2) is 4.98 Å². The quantitative estimate of drug-likeness (QED) is 0.662. The van der Waals surface area contributed by atoms with Crippen LogP contribution < -0.4 is 5.56 Å². The Bertz CT molecular complexity index is 805. The number of hydrogen-bond donors (Lipinski definition) is 1. The SMILES string of the molecule is CC1CCc2c(sc3nc(SCCO)n(C4CCCC4)c(=O)c23)C1. The van der Waals surface area contributed by atoms with Crippen molar-refractivity contribution in [3.63, 3.8) is 0 Å². The van der Waals surface area contributed by atoms with Gasteiger partial charge < -0.3 is 5.11 Å². The molecule has 0 bridgehead atoms. The lowest BCUT2D eigenvalue weighted by atomic mass is 9.89. The number of aryl methyl sites for hydroxylation is 1. The van der Waals surface area contributed by atoms with Gasteiger partial charge in [-0.1, -0.05) is 31.5 Å². The Labute approximate surface area is 150 Å². The molecule has 6 heteroatoms. The molecule has 1 saturated carbocycles. The monoisotopic (exact) mass is 364 g/mol. The van der Waals surface area contributed by atoms with E-state index in [2.05, 4.69) is 6.92 Å². The molecule has 1 N–H and O–H groups in total. The molecule has 130 valence electrons. The summed E-state index contributed by atoms with van der Waals surface area (Å²) in [5.74, 6) is 1.29. The third kappa shape index (κ3) is 2.82. The lowest BCUT2D eigenvalue weighted by Gasteiger charge is -2.19. The first-order chi connectivity index (χ1) is 11.7. The van der Waals surface area contributed by atoms with Gasteiger partial charge in [0, 0.05) is 16.7 Å². The number of aliphatic hydroxyl groups excluding tert-OH is 1. The molecule has 1 unspecified atom stereocenters. The standard InChI is InChI=1S/C18H24N2O2S2/c1-11-6-7-13-14(10-11)24-16-15(13)17(22)20(12-4-2-3-5-12)18(19-16)23-9-8-21/h11-12,21H,2-10H2,1H3. The van der Waals surface area contributed by atoms with Gasteiger partial charge in [-0.15, -0.1) is 11.3 Å². The van der Waals surface area contributed by atoms with Crippen LogP contribution in [-0.4, -0.2) is 27.0 Å². The molecule has 1 atom stereocenters. The summed E-state index contributed by atoms with van der Waals surface area (Å²) in [6, 6.07) is 0.286. The van der Waals surface area contributed by atoms with E-state index in [9.17, 15) is 9.90 Å². The van der Waals surface area contributed by atoms with E-state index < -0.39 is 0 Å². The van der Waals surface area contributed by atoms with Crippen LogP contribution in [0.15, 0.2) is 9.95 Å². The molecule has 0 aromatic carbocycles. The Morgan fingerprint density at radius 2 is 2.12 bits per heavy atom. The second kappa shape index (κ2) is 6.81. The third-order valence-corrected chi connectivity index (χ3v) is 7.42. The van der Waals surface area contributed by atoms with Gasteiger partial charge in [0.25, 0.3) is 5.56 Å². The Morgan fingerprint density at radius 3 is 2.88 bits per heavy atom. The van der Waals surface area contributed by atoms with Crippen molar-refractivity contribution in [1.82, 2.24) is 9.55 Å². The molecule has 2 aromatic rings. The first-order valence-electron chi connectivity index (χ1n) is 8.99. The van der Waals surface area contributed by atoms with Gasteiger partial charge in [-0.05, 0) is 43.6 Å². The Hall–Kier alpha value is -0.850. The number of thioether (sulfide) groups is 1. The minimum atomic E-state index is 0.113. The van der Waals surface area contributed by atoms with Crippen LogP contribution >= 0.6 is 23.1 Å². The minimum absolute atomic E-state index is 0.113. The zero-order chi connectivity index (χ0) is 16.7. The normalized spacial score (nSPS) is 21.5. The summed E-state index contributed by atoms with van der Waals surface area (Å²) in [6.07, 6.45) is 7.80. The molecule has 2 heterocycles. The maximum Gasteiger partial charge on any atom is 0.263 e. The molecule has 0 saturated heterocycles. The second-order valence-electron chi connectivity index (χ2n) is 7.11. The highest BCUT2D eigenvalue weighted by Crippen LogP contribution is 2.38. The number of aromatic nitrogens is 2. The second-order valence-corrected chi connectivity index (χ2v) is 9.26. The molecule has 24 heavy (non-hydrogen) atoms. The first kappa shape index (κ1) is 16.6. The average Bonchev–Trinajstić information content (AvgIpc) is 3.19. The zero-order valence-electron chi connectivity index (χ0n) is 14.1. The average molecular weight is 365 g/mol. The number of hydrogen-bond acceptors (Lipinski definition) is 5. The van der Waals surface area contributed by atoms with Gasteiger partial charge in [0.1, 0.15) is 4.83 Å². The molecule has 4 rings (SSSR count). The van der Waals surface area contributed by atoms with Crippen molar-refractivity contribution in [2.24, 2.45) is 5.92 Å². The summed E-state index contributed by atoms with van der Waals surface area (Å²) in [4.78, 5) is 20.5. The van der Waals surface area contributed by atoms with Crippen molar-refractivity contribution in [1.29, 1.82) is 0 Å². The molecule has 0 aliphatic heterocycles. The van der Waals surface area contributed by atoms with Gasteiger partial charge >= 0.3 is 0 Å². The number of thiophene rings is 1. The van der Waals surface area contributed by atoms with E-state index in [-0.39, 0.29) is 18.2 Å². The van der Waals surface area contributed by atoms with E-state index in [0.717, 1.165) is 41.1 Å². The number of nitrogens with zero attached hydrogens (tertiary/aromatic N) is 2. The molecule has 1 fully saturated rings. The smallest absolute Gasteiger partial charge is 0.263 e. The first-order valence-corrected chi connectivity index (χ1v) is 10.8. The van der Waals surface area contributed by atoms with Crippen LogP contribution in [0.1, 0.15) is 55.5 Å². The lowest BCUT2D eigenvalue weighted by molar-refractivity contribution is 0.322. The molecule has 0 amide bonds. The maximum absolute atomic E-state index is 13.4. The van der Waals surface area contributed by atoms with E-state index in [1.807, 2.05) is 4.57 Å². The van der Waals surface area contributed by atoms with E-state index >= 15 is 0 Å². The molecule has 2 aromatic heterocycles. The Morgan fingerprint density at radius 1 is 1.33 bits per heavy atom. The van der Waals surface area contributed by atoms with E-state index in [0.29, 0.717) is 11.7 Å². The zero-order valence-corrected chi connectivity index (χ0v) is 15.7. The van der Waals surface area contributed by atoms with Crippen molar-refractivity contribution < 1.29 is 5.11 Å². The summed E-state index contributed by atoms with van der Waals surface area (Å²) in [5.41, 5.74) is 1.44. The predicted molar refractivity (Wildman–Crippen MR) is 100 cm³/mol. The fourth-order valence-corrected chi connectivity index (χ4v) is 6.34. The topological polar surface area (TPSA) is 55.1 Å². The molecule has 0 spiro atoms. The molecular weight excluding hydrogens is 340 g/mol. The van der Waals surface area contributed by atoms with E-state index in [4.69, 9.17) is 4.98 Å². The van der Waals surface area contributed by atoms with Gasteiger partial charge in [0.15, 0.2) is 5.16 Å². The van der Waals surface area contributed by atoms with Gasteiger partial charge in [-0.3, -0.25) is 9.36 Å². The van der Waals surface area contributed by atoms with Gasteiger partial charge in [0.05, 0.1) is 12.0 Å². The van der Waals surface area contributed by atoms with Crippen LogP contribution in [0.25, 0.3) is 10.2 Å². The highest BCUT2D eigenvalue weighted by Gasteiger charge is 2.27. The fraction of sp³-hybridized carbons (Fsp3) is 0.667. The molecule has 0 radical (unpaired) electrons. The van der Waals surface area contributed by atoms with Crippen LogP contribution in [0.5, 0.6) is 0 Å². The predicted octanol–water partition coefficient (Wildman–Crippen LogP) is 3.78. The lowest BCUT2D eigenvalue weighted by Crippen LogP contribution is -2.27. The Balaban J connectivity index is 1.90. The minimum Gasteiger partial charge on any atom is -0.396 e. The van der Waals surface area contributed by atoms with Gasteiger partial charge in [0.2, 0.25) is 0 Å². The largest absolute Gasteiger partial charge is 0.396 e. The number of rotatable bonds is 4. The Kier molecular flexibility index (Phi) is 4.71.